The van der Waals surface area contributed by atoms with Crippen molar-refractivity contribution in [2.45, 2.75) is 18.5 Å². The second kappa shape index (κ2) is 8.17. The van der Waals surface area contributed by atoms with Gasteiger partial charge in [0.15, 0.2) is 23.0 Å². The van der Waals surface area contributed by atoms with E-state index in [-0.39, 0.29) is 25.8 Å². The normalized spacial score (nSPS) is 18.5. The third-order valence-corrected chi connectivity index (χ3v) is 7.51. The summed E-state index contributed by atoms with van der Waals surface area (Å²) in [6.07, 6.45) is 0.265. The SMILES string of the molecule is CN1c2c(ccc3cc4c(cc23)OCO4)-c2ccc3c(c2C1C(Cc1ccc(O)cc1)[NH+]([O-])O)OCO3. The molecular weight excluding hydrogens is 476 g/mol. The Balaban J connectivity index is 1.46. The van der Waals surface area contributed by atoms with Crippen LogP contribution in [-0.2, 0) is 6.42 Å². The smallest absolute Gasteiger partial charge is 0.231 e. The fourth-order valence-electron chi connectivity index (χ4n) is 5.84. The van der Waals surface area contributed by atoms with Crippen molar-refractivity contribution in [1.82, 2.24) is 0 Å². The first-order valence-corrected chi connectivity index (χ1v) is 12.0. The summed E-state index contributed by atoms with van der Waals surface area (Å²) in [4.78, 5) is 2.05. The zero-order valence-corrected chi connectivity index (χ0v) is 19.9. The van der Waals surface area contributed by atoms with Crippen molar-refractivity contribution in [1.29, 1.82) is 0 Å². The number of nitrogens with zero attached hydrogens (tertiary/aromatic N) is 1. The van der Waals surface area contributed by atoms with Gasteiger partial charge in [0.25, 0.3) is 0 Å². The summed E-state index contributed by atoms with van der Waals surface area (Å²) in [6, 6.07) is 17.2. The van der Waals surface area contributed by atoms with E-state index >= 15 is 0 Å². The molecule has 0 aliphatic carbocycles. The van der Waals surface area contributed by atoms with E-state index in [1.165, 1.54) is 0 Å². The van der Waals surface area contributed by atoms with E-state index in [0.717, 1.165) is 38.7 Å². The summed E-state index contributed by atoms with van der Waals surface area (Å²) >= 11 is 0. The lowest BCUT2D eigenvalue weighted by Gasteiger charge is -2.43. The fraction of sp³-hybridized carbons (Fsp3) is 0.214. The lowest BCUT2D eigenvalue weighted by atomic mass is 9.81. The highest BCUT2D eigenvalue weighted by Gasteiger charge is 2.43. The van der Waals surface area contributed by atoms with Gasteiger partial charge in [-0.05, 0) is 52.9 Å². The van der Waals surface area contributed by atoms with Crippen LogP contribution in [0, 0.1) is 5.21 Å². The molecule has 37 heavy (non-hydrogen) atoms. The maximum absolute atomic E-state index is 12.9. The molecule has 3 unspecified atom stereocenters. The highest BCUT2D eigenvalue weighted by molar-refractivity contribution is 6.05. The molecule has 9 heteroatoms. The third kappa shape index (κ3) is 3.36. The lowest BCUT2D eigenvalue weighted by Crippen LogP contribution is -3.10. The molecule has 4 aromatic rings. The van der Waals surface area contributed by atoms with Gasteiger partial charge >= 0.3 is 0 Å². The van der Waals surface area contributed by atoms with Gasteiger partial charge in [-0.15, -0.1) is 0 Å². The van der Waals surface area contributed by atoms with Crippen molar-refractivity contribution in [2.75, 3.05) is 25.5 Å². The van der Waals surface area contributed by atoms with E-state index in [9.17, 15) is 15.5 Å². The Kier molecular flexibility index (Phi) is 4.87. The quantitative estimate of drug-likeness (QED) is 0.365. The second-order valence-electron chi connectivity index (χ2n) is 9.52. The van der Waals surface area contributed by atoms with Crippen molar-refractivity contribution in [2.24, 2.45) is 0 Å². The molecule has 0 fully saturated rings. The first kappa shape index (κ1) is 22.1. The molecule has 3 aliphatic heterocycles. The van der Waals surface area contributed by atoms with Gasteiger partial charge in [0.05, 0.1) is 5.69 Å². The molecule has 3 atom stereocenters. The minimum Gasteiger partial charge on any atom is -0.600 e. The number of phenols is 1. The predicted octanol–water partition coefficient (Wildman–Crippen LogP) is 3.54. The van der Waals surface area contributed by atoms with Crippen LogP contribution >= 0.6 is 0 Å². The van der Waals surface area contributed by atoms with Gasteiger partial charge in [-0.25, -0.2) is 10.4 Å². The van der Waals surface area contributed by atoms with Crippen LogP contribution in [0.4, 0.5) is 5.69 Å². The number of anilines is 1. The standard InChI is InChI=1S/C28H24N2O7/c1-29-26-19(7-4-16-11-23-24(12-20(16)26)36-13-35-23)18-8-9-22-28(37-14-34-22)25(18)27(29)21(30(32)33)10-15-2-5-17(31)6-3-15/h2-9,11-12,21,27,30-32H,10,13-14H2,1H3. The molecule has 3 aliphatic rings. The summed E-state index contributed by atoms with van der Waals surface area (Å²) < 4.78 is 22.9. The molecule has 0 bridgehead atoms. The summed E-state index contributed by atoms with van der Waals surface area (Å²) in [7, 11) is 1.93. The molecule has 3 heterocycles. The van der Waals surface area contributed by atoms with Crippen molar-refractivity contribution in [3.05, 3.63) is 77.0 Å². The average Bonchev–Trinajstić information content (AvgIpc) is 3.56. The Morgan fingerprint density at radius 3 is 2.41 bits per heavy atom. The maximum atomic E-state index is 12.9. The van der Waals surface area contributed by atoms with Gasteiger partial charge in [0, 0.05) is 30.0 Å². The van der Waals surface area contributed by atoms with Crippen molar-refractivity contribution in [3.8, 4) is 39.9 Å². The zero-order chi connectivity index (χ0) is 25.3. The number of hydrogen-bond acceptors (Lipinski definition) is 8. The van der Waals surface area contributed by atoms with Crippen molar-refractivity contribution in [3.63, 3.8) is 0 Å². The topological polar surface area (TPSA) is 108 Å². The number of fused-ring (bicyclic) bond motifs is 8. The number of ether oxygens (including phenoxy) is 4. The molecule has 0 saturated heterocycles. The molecule has 0 radical (unpaired) electrons. The molecular formula is C28H24N2O7. The van der Waals surface area contributed by atoms with Crippen molar-refractivity contribution >= 4 is 16.5 Å². The Labute approximate surface area is 212 Å². The zero-order valence-electron chi connectivity index (χ0n) is 19.9. The Morgan fingerprint density at radius 2 is 1.62 bits per heavy atom. The van der Waals surface area contributed by atoms with Crippen LogP contribution in [0.2, 0.25) is 0 Å². The number of likely N-dealkylation sites (N-methyl/N-ethyl adjacent to an activating group) is 1. The Hall–Kier alpha value is -4.18. The summed E-state index contributed by atoms with van der Waals surface area (Å²) in [6.45, 7) is 0.262. The third-order valence-electron chi connectivity index (χ3n) is 7.51. The number of benzene rings is 4. The molecule has 0 saturated carbocycles. The number of hydrogen-bond donors (Lipinski definition) is 3. The van der Waals surface area contributed by atoms with E-state index in [1.54, 1.807) is 24.3 Å². The number of hydroxylamine groups is 2. The predicted molar refractivity (Wildman–Crippen MR) is 134 cm³/mol. The summed E-state index contributed by atoms with van der Waals surface area (Å²) in [5.74, 6) is 2.70. The van der Waals surface area contributed by atoms with Gasteiger partial charge in [-0.3, -0.25) is 0 Å². The average molecular weight is 501 g/mol. The highest BCUT2D eigenvalue weighted by Crippen LogP contribution is 2.55. The first-order chi connectivity index (χ1) is 18.0. The highest BCUT2D eigenvalue weighted by atomic mass is 16.8. The number of rotatable bonds is 4. The minimum absolute atomic E-state index is 0.0893. The Morgan fingerprint density at radius 1 is 0.919 bits per heavy atom. The monoisotopic (exact) mass is 500 g/mol. The van der Waals surface area contributed by atoms with E-state index in [0.29, 0.717) is 23.0 Å². The number of phenolic OH excluding ortho intramolecular Hbond substituents is 1. The largest absolute Gasteiger partial charge is 0.600 e. The summed E-state index contributed by atoms with van der Waals surface area (Å²) in [5.41, 5.74) is 4.43. The fourth-order valence-corrected chi connectivity index (χ4v) is 5.84. The molecule has 4 aromatic carbocycles. The molecule has 0 aromatic heterocycles. The van der Waals surface area contributed by atoms with E-state index in [1.807, 2.05) is 42.3 Å². The van der Waals surface area contributed by atoms with Crippen LogP contribution in [0.25, 0.3) is 21.9 Å². The van der Waals surface area contributed by atoms with Gasteiger partial charge in [0.1, 0.15) is 17.8 Å². The van der Waals surface area contributed by atoms with E-state index in [4.69, 9.17) is 18.9 Å². The number of nitrogens with one attached hydrogen (secondary N) is 1. The maximum Gasteiger partial charge on any atom is 0.231 e. The molecule has 7 rings (SSSR count). The van der Waals surface area contributed by atoms with Gasteiger partial charge in [-0.1, -0.05) is 24.3 Å². The molecule has 188 valence electrons. The summed E-state index contributed by atoms with van der Waals surface area (Å²) in [5, 5.41) is 34.1. The second-order valence-corrected chi connectivity index (χ2v) is 9.52. The van der Waals surface area contributed by atoms with Crippen LogP contribution in [0.1, 0.15) is 17.2 Å². The molecule has 3 N–H and O–H groups in total. The van der Waals surface area contributed by atoms with Crippen LogP contribution in [0.15, 0.2) is 60.7 Å². The van der Waals surface area contributed by atoms with Gasteiger partial charge in [0.2, 0.25) is 13.6 Å². The molecule has 0 spiro atoms. The Bertz CT molecular complexity index is 1540. The lowest BCUT2D eigenvalue weighted by molar-refractivity contribution is -1.07. The molecule has 9 nitrogen and oxygen atoms in total. The van der Waals surface area contributed by atoms with Gasteiger partial charge in [-0.2, -0.15) is 0 Å². The van der Waals surface area contributed by atoms with Gasteiger partial charge < -0.3 is 34.2 Å². The number of quaternary nitrogens is 1. The van der Waals surface area contributed by atoms with Crippen LogP contribution in [0.3, 0.4) is 0 Å². The molecule has 0 amide bonds. The minimum atomic E-state index is -0.922. The van der Waals surface area contributed by atoms with Crippen LogP contribution < -0.4 is 29.1 Å². The van der Waals surface area contributed by atoms with E-state index < -0.39 is 17.3 Å². The van der Waals surface area contributed by atoms with Crippen molar-refractivity contribution < 1.29 is 34.5 Å². The van der Waals surface area contributed by atoms with Crippen LogP contribution in [-0.4, -0.2) is 37.0 Å². The first-order valence-electron chi connectivity index (χ1n) is 12.0. The van der Waals surface area contributed by atoms with Crippen LogP contribution in [0.5, 0.6) is 28.7 Å². The number of aromatic hydroxyl groups is 1. The van der Waals surface area contributed by atoms with E-state index in [2.05, 4.69) is 6.07 Å².